The third-order valence-corrected chi connectivity index (χ3v) is 5.64. The Balaban J connectivity index is 2.01. The van der Waals surface area contributed by atoms with Gasteiger partial charge in [-0.3, -0.25) is 4.79 Å². The number of hydrogen-bond donors (Lipinski definition) is 3. The Morgan fingerprint density at radius 3 is 3.00 bits per heavy atom. The number of aromatic nitrogens is 1. The number of hydrogen-bond acceptors (Lipinski definition) is 6. The van der Waals surface area contributed by atoms with E-state index in [1.807, 2.05) is 11.8 Å². The Hall–Kier alpha value is -0.950. The van der Waals surface area contributed by atoms with E-state index in [0.717, 1.165) is 12.2 Å². The molecule has 0 saturated heterocycles. The Morgan fingerprint density at radius 2 is 2.37 bits per heavy atom. The third-order valence-electron chi connectivity index (χ3n) is 3.22. The summed E-state index contributed by atoms with van der Waals surface area (Å²) in [5, 5.41) is 7.23. The molecule has 1 aliphatic rings. The average Bonchev–Trinajstić information content (AvgIpc) is 2.97. The zero-order valence-corrected chi connectivity index (χ0v) is 12.9. The van der Waals surface area contributed by atoms with Crippen LogP contribution in [0, 0.1) is 0 Å². The zero-order valence-electron chi connectivity index (χ0n) is 11.2. The van der Waals surface area contributed by atoms with Gasteiger partial charge in [-0.25, -0.2) is 4.98 Å². The molecule has 0 bridgehead atoms. The first-order chi connectivity index (χ1) is 9.15. The standard InChI is InChI=1S/C12H20N4OS2/c1-3-18-8-6-4-5-7(8)15-11(17)9-10(13)16-12(14-2)19-9/h7-8H,3-6,13H2,1-2H3,(H,14,16)(H,15,17). The number of nitrogens with two attached hydrogens (primary N) is 1. The SMILES string of the molecule is CCSC1CCCC1NC(=O)c1sc(NC)nc1N. The number of nitrogens with one attached hydrogen (secondary N) is 2. The normalized spacial score (nSPS) is 22.4. The average molecular weight is 300 g/mol. The molecule has 0 aliphatic heterocycles. The van der Waals surface area contributed by atoms with Gasteiger partial charge in [-0.1, -0.05) is 24.7 Å². The van der Waals surface area contributed by atoms with E-state index in [0.29, 0.717) is 21.1 Å². The molecule has 1 aromatic heterocycles. The maximum atomic E-state index is 12.2. The molecule has 1 amide bonds. The lowest BCUT2D eigenvalue weighted by molar-refractivity contribution is 0.0943. The van der Waals surface area contributed by atoms with Crippen molar-refractivity contribution in [1.82, 2.24) is 10.3 Å². The number of anilines is 2. The van der Waals surface area contributed by atoms with E-state index in [4.69, 9.17) is 5.73 Å². The van der Waals surface area contributed by atoms with Gasteiger partial charge in [0.05, 0.1) is 0 Å². The minimum Gasteiger partial charge on any atom is -0.382 e. The van der Waals surface area contributed by atoms with Crippen molar-refractivity contribution in [2.75, 3.05) is 23.9 Å². The molecular weight excluding hydrogens is 280 g/mol. The minimum absolute atomic E-state index is 0.0925. The molecule has 1 aliphatic carbocycles. The van der Waals surface area contributed by atoms with Crippen molar-refractivity contribution in [3.8, 4) is 0 Å². The molecule has 106 valence electrons. The first kappa shape index (κ1) is 14.5. The van der Waals surface area contributed by atoms with E-state index < -0.39 is 0 Å². The predicted octanol–water partition coefficient (Wildman–Crippen LogP) is 2.17. The van der Waals surface area contributed by atoms with Gasteiger partial charge in [0, 0.05) is 18.3 Å². The summed E-state index contributed by atoms with van der Waals surface area (Å²) in [6.45, 7) is 2.16. The summed E-state index contributed by atoms with van der Waals surface area (Å²) in [6.07, 6.45) is 3.42. The van der Waals surface area contributed by atoms with Crippen LogP contribution in [-0.4, -0.2) is 35.0 Å². The summed E-state index contributed by atoms with van der Waals surface area (Å²) in [4.78, 5) is 16.9. The second kappa shape index (κ2) is 6.47. The zero-order chi connectivity index (χ0) is 13.8. The minimum atomic E-state index is -0.0925. The van der Waals surface area contributed by atoms with Crippen LogP contribution in [0.3, 0.4) is 0 Å². The molecule has 4 N–H and O–H groups in total. The van der Waals surface area contributed by atoms with Gasteiger partial charge in [0.2, 0.25) is 0 Å². The van der Waals surface area contributed by atoms with Crippen molar-refractivity contribution in [2.24, 2.45) is 0 Å². The van der Waals surface area contributed by atoms with Gasteiger partial charge in [-0.15, -0.1) is 0 Å². The molecular formula is C12H20N4OS2. The molecule has 1 heterocycles. The highest BCUT2D eigenvalue weighted by atomic mass is 32.2. The van der Waals surface area contributed by atoms with Crippen molar-refractivity contribution < 1.29 is 4.79 Å². The molecule has 2 unspecified atom stereocenters. The Morgan fingerprint density at radius 1 is 1.58 bits per heavy atom. The number of nitrogen functional groups attached to an aromatic ring is 1. The first-order valence-corrected chi connectivity index (χ1v) is 8.38. The Labute approximate surface area is 121 Å². The third kappa shape index (κ3) is 3.33. The van der Waals surface area contributed by atoms with Crippen LogP contribution in [0.1, 0.15) is 35.9 Å². The van der Waals surface area contributed by atoms with Crippen LogP contribution in [-0.2, 0) is 0 Å². The lowest BCUT2D eigenvalue weighted by Gasteiger charge is -2.19. The molecule has 19 heavy (non-hydrogen) atoms. The van der Waals surface area contributed by atoms with Crippen LogP contribution in [0.25, 0.3) is 0 Å². The number of rotatable bonds is 5. The molecule has 1 saturated carbocycles. The number of carbonyl (C=O) groups excluding carboxylic acids is 1. The van der Waals surface area contributed by atoms with Crippen LogP contribution in [0.15, 0.2) is 0 Å². The van der Waals surface area contributed by atoms with Crippen LogP contribution in [0.2, 0.25) is 0 Å². The highest BCUT2D eigenvalue weighted by Gasteiger charge is 2.29. The number of nitrogens with zero attached hydrogens (tertiary/aromatic N) is 1. The Kier molecular flexibility index (Phi) is 4.93. The van der Waals surface area contributed by atoms with Crippen molar-refractivity contribution in [3.63, 3.8) is 0 Å². The summed E-state index contributed by atoms with van der Waals surface area (Å²) in [5.74, 6) is 1.30. The van der Waals surface area contributed by atoms with E-state index >= 15 is 0 Å². The molecule has 0 spiro atoms. The summed E-state index contributed by atoms with van der Waals surface area (Å²) < 4.78 is 0. The molecule has 5 nitrogen and oxygen atoms in total. The molecule has 2 rings (SSSR count). The van der Waals surface area contributed by atoms with Crippen molar-refractivity contribution in [3.05, 3.63) is 4.88 Å². The largest absolute Gasteiger partial charge is 0.382 e. The van der Waals surface area contributed by atoms with Crippen LogP contribution < -0.4 is 16.4 Å². The summed E-state index contributed by atoms with van der Waals surface area (Å²) in [5.41, 5.74) is 5.78. The van der Waals surface area contributed by atoms with Gasteiger partial charge in [-0.05, 0) is 18.6 Å². The maximum absolute atomic E-state index is 12.2. The van der Waals surface area contributed by atoms with Gasteiger partial charge in [0.15, 0.2) is 5.13 Å². The quantitative estimate of drug-likeness (QED) is 0.776. The van der Waals surface area contributed by atoms with Gasteiger partial charge < -0.3 is 16.4 Å². The van der Waals surface area contributed by atoms with Gasteiger partial charge in [0.25, 0.3) is 5.91 Å². The molecule has 1 aromatic rings. The number of thiazole rings is 1. The molecule has 7 heteroatoms. The van der Waals surface area contributed by atoms with Crippen molar-refractivity contribution in [1.29, 1.82) is 0 Å². The second-order valence-corrected chi connectivity index (χ2v) is 7.00. The van der Waals surface area contributed by atoms with E-state index in [1.54, 1.807) is 7.05 Å². The lowest BCUT2D eigenvalue weighted by Crippen LogP contribution is -2.38. The highest BCUT2D eigenvalue weighted by molar-refractivity contribution is 7.99. The van der Waals surface area contributed by atoms with Crippen LogP contribution in [0.4, 0.5) is 10.9 Å². The van der Waals surface area contributed by atoms with E-state index in [9.17, 15) is 4.79 Å². The van der Waals surface area contributed by atoms with Crippen LogP contribution >= 0.6 is 23.1 Å². The number of amides is 1. The maximum Gasteiger partial charge on any atom is 0.265 e. The lowest BCUT2D eigenvalue weighted by atomic mass is 10.2. The van der Waals surface area contributed by atoms with Gasteiger partial charge >= 0.3 is 0 Å². The summed E-state index contributed by atoms with van der Waals surface area (Å²) in [6, 6.07) is 0.261. The monoisotopic (exact) mass is 300 g/mol. The van der Waals surface area contributed by atoms with Crippen LogP contribution in [0.5, 0.6) is 0 Å². The smallest absolute Gasteiger partial charge is 0.265 e. The number of thioether (sulfide) groups is 1. The van der Waals surface area contributed by atoms with Crippen molar-refractivity contribution >= 4 is 40.0 Å². The van der Waals surface area contributed by atoms with E-state index in [-0.39, 0.29) is 11.9 Å². The fourth-order valence-corrected chi connectivity index (χ4v) is 4.28. The fourth-order valence-electron chi connectivity index (χ4n) is 2.34. The summed E-state index contributed by atoms with van der Waals surface area (Å²) >= 11 is 3.23. The van der Waals surface area contributed by atoms with E-state index in [2.05, 4.69) is 22.5 Å². The molecule has 0 radical (unpaired) electrons. The molecule has 1 fully saturated rings. The Bertz CT molecular complexity index is 449. The molecule has 2 atom stereocenters. The number of carbonyl (C=O) groups is 1. The predicted molar refractivity (Wildman–Crippen MR) is 83.1 cm³/mol. The second-order valence-electron chi connectivity index (χ2n) is 4.49. The first-order valence-electron chi connectivity index (χ1n) is 6.52. The van der Waals surface area contributed by atoms with E-state index in [1.165, 1.54) is 24.2 Å². The highest BCUT2D eigenvalue weighted by Crippen LogP contribution is 2.31. The van der Waals surface area contributed by atoms with Crippen molar-refractivity contribution in [2.45, 2.75) is 37.5 Å². The fraction of sp³-hybridized carbons (Fsp3) is 0.667. The topological polar surface area (TPSA) is 80.0 Å². The van der Waals surface area contributed by atoms with Gasteiger partial charge in [-0.2, -0.15) is 11.8 Å². The summed E-state index contributed by atoms with van der Waals surface area (Å²) in [7, 11) is 1.77. The molecule has 0 aromatic carbocycles. The van der Waals surface area contributed by atoms with Gasteiger partial charge in [0.1, 0.15) is 10.7 Å².